The Labute approximate surface area is 123 Å². The van der Waals surface area contributed by atoms with E-state index < -0.39 is 0 Å². The molecule has 2 rings (SSSR count). The monoisotopic (exact) mass is 373 g/mol. The van der Waals surface area contributed by atoms with Crippen LogP contribution in [0.1, 0.15) is 18.7 Å². The van der Waals surface area contributed by atoms with Crippen LogP contribution in [0.25, 0.3) is 11.3 Å². The molecule has 1 aromatic heterocycles. The maximum atomic E-state index is 5.79. The normalized spacial score (nSPS) is 12.5. The van der Waals surface area contributed by atoms with Crippen LogP contribution in [0.5, 0.6) is 5.75 Å². The first-order valence-corrected chi connectivity index (χ1v) is 7.00. The Kier molecular flexibility index (Phi) is 4.14. The fourth-order valence-corrected chi connectivity index (χ4v) is 2.97. The van der Waals surface area contributed by atoms with Gasteiger partial charge >= 0.3 is 0 Å². The molecule has 2 N–H and O–H groups in total. The first kappa shape index (κ1) is 13.6. The van der Waals surface area contributed by atoms with Gasteiger partial charge in [-0.2, -0.15) is 0 Å². The number of methoxy groups -OCH3 is 1. The fraction of sp³-hybridized carbons (Fsp3) is 0.231. The Morgan fingerprint density at radius 2 is 1.94 bits per heavy atom. The van der Waals surface area contributed by atoms with Gasteiger partial charge in [0.1, 0.15) is 17.3 Å². The Hall–Kier alpha value is -0.780. The van der Waals surface area contributed by atoms with Crippen molar-refractivity contribution in [1.29, 1.82) is 0 Å². The predicted molar refractivity (Wildman–Crippen MR) is 78.7 cm³/mol. The predicted octanol–water partition coefficient (Wildman–Crippen LogP) is 4.50. The highest BCUT2D eigenvalue weighted by atomic mass is 79.9. The number of hydrogen-bond acceptors (Lipinski definition) is 3. The lowest BCUT2D eigenvalue weighted by molar-refractivity contribution is 0.412. The van der Waals surface area contributed by atoms with E-state index in [-0.39, 0.29) is 6.04 Å². The zero-order valence-corrected chi connectivity index (χ0v) is 13.2. The largest absolute Gasteiger partial charge is 0.496 e. The minimum atomic E-state index is -0.116. The molecule has 0 aliphatic heterocycles. The molecule has 1 heterocycles. The van der Waals surface area contributed by atoms with Crippen LogP contribution in [-0.2, 0) is 0 Å². The molecule has 1 atom stereocenters. The van der Waals surface area contributed by atoms with Crippen LogP contribution in [0, 0.1) is 0 Å². The molecule has 1 unspecified atom stereocenters. The summed E-state index contributed by atoms with van der Waals surface area (Å²) < 4.78 is 12.8. The van der Waals surface area contributed by atoms with Gasteiger partial charge in [-0.1, -0.05) is 0 Å². The van der Waals surface area contributed by atoms with E-state index in [1.807, 2.05) is 31.2 Å². The summed E-state index contributed by atoms with van der Waals surface area (Å²) >= 11 is 6.95. The van der Waals surface area contributed by atoms with Gasteiger partial charge in [-0.05, 0) is 63.0 Å². The van der Waals surface area contributed by atoms with Gasteiger partial charge in [0.15, 0.2) is 0 Å². The number of hydrogen-bond donors (Lipinski definition) is 1. The summed E-state index contributed by atoms with van der Waals surface area (Å²) in [6, 6.07) is 7.53. The molecule has 0 saturated carbocycles. The Balaban J connectivity index is 2.49. The number of ether oxygens (including phenoxy) is 1. The van der Waals surface area contributed by atoms with Gasteiger partial charge in [0.05, 0.1) is 17.6 Å². The second-order valence-electron chi connectivity index (χ2n) is 3.96. The fourth-order valence-electron chi connectivity index (χ4n) is 1.62. The highest BCUT2D eigenvalue weighted by Crippen LogP contribution is 2.38. The van der Waals surface area contributed by atoms with Crippen molar-refractivity contribution in [2.75, 3.05) is 7.11 Å². The van der Waals surface area contributed by atoms with E-state index in [9.17, 15) is 0 Å². The summed E-state index contributed by atoms with van der Waals surface area (Å²) in [4.78, 5) is 0. The molecule has 0 saturated heterocycles. The highest BCUT2D eigenvalue weighted by molar-refractivity contribution is 9.11. The maximum absolute atomic E-state index is 5.79. The second kappa shape index (κ2) is 5.47. The van der Waals surface area contributed by atoms with Crippen LogP contribution in [0.4, 0.5) is 0 Å². The van der Waals surface area contributed by atoms with Crippen molar-refractivity contribution in [3.63, 3.8) is 0 Å². The molecule has 0 spiro atoms. The number of nitrogens with two attached hydrogens (primary N) is 1. The molecule has 0 fully saturated rings. The molecular weight excluding hydrogens is 362 g/mol. The van der Waals surface area contributed by atoms with E-state index in [0.717, 1.165) is 31.8 Å². The number of furan rings is 1. The maximum Gasteiger partial charge on any atom is 0.135 e. The van der Waals surface area contributed by atoms with Crippen LogP contribution in [0.15, 0.2) is 37.6 Å². The third-order valence-corrected chi connectivity index (χ3v) is 3.86. The van der Waals surface area contributed by atoms with Crippen molar-refractivity contribution >= 4 is 31.9 Å². The van der Waals surface area contributed by atoms with Gasteiger partial charge in [0, 0.05) is 10.0 Å². The van der Waals surface area contributed by atoms with Crippen molar-refractivity contribution < 1.29 is 9.15 Å². The quantitative estimate of drug-likeness (QED) is 0.860. The Bertz CT molecular complexity index is 564. The van der Waals surface area contributed by atoms with Crippen molar-refractivity contribution in [3.8, 4) is 17.1 Å². The molecule has 2 aromatic rings. The summed E-state index contributed by atoms with van der Waals surface area (Å²) in [5, 5.41) is 0. The smallest absolute Gasteiger partial charge is 0.135 e. The van der Waals surface area contributed by atoms with Gasteiger partial charge in [0.25, 0.3) is 0 Å². The topological polar surface area (TPSA) is 48.4 Å². The molecule has 0 aliphatic carbocycles. The Morgan fingerprint density at radius 3 is 2.50 bits per heavy atom. The SMILES string of the molecule is COc1cc(-c2ccc(C(C)N)o2)c(Br)cc1Br. The lowest BCUT2D eigenvalue weighted by Gasteiger charge is -2.08. The van der Waals surface area contributed by atoms with Gasteiger partial charge in [-0.3, -0.25) is 0 Å². The molecular formula is C13H13Br2NO2. The summed E-state index contributed by atoms with van der Waals surface area (Å²) in [5.74, 6) is 2.28. The van der Waals surface area contributed by atoms with Gasteiger partial charge in [-0.25, -0.2) is 0 Å². The highest BCUT2D eigenvalue weighted by Gasteiger charge is 2.13. The molecule has 1 aromatic carbocycles. The standard InChI is InChI=1S/C13H13Br2NO2/c1-7(16)11-3-4-12(18-11)8-5-13(17-2)10(15)6-9(8)14/h3-7H,16H2,1-2H3. The zero-order chi connectivity index (χ0) is 13.3. The van der Waals surface area contributed by atoms with Gasteiger partial charge in [-0.15, -0.1) is 0 Å². The number of rotatable bonds is 3. The van der Waals surface area contributed by atoms with E-state index in [4.69, 9.17) is 14.9 Å². The van der Waals surface area contributed by atoms with Crippen LogP contribution in [-0.4, -0.2) is 7.11 Å². The van der Waals surface area contributed by atoms with Crippen molar-refractivity contribution in [3.05, 3.63) is 39.0 Å². The van der Waals surface area contributed by atoms with Crippen LogP contribution in [0.2, 0.25) is 0 Å². The summed E-state index contributed by atoms with van der Waals surface area (Å²) in [6.45, 7) is 1.89. The first-order chi connectivity index (χ1) is 8.52. The average molecular weight is 375 g/mol. The minimum Gasteiger partial charge on any atom is -0.496 e. The van der Waals surface area contributed by atoms with E-state index in [0.29, 0.717) is 0 Å². The molecule has 0 amide bonds. The molecule has 0 aliphatic rings. The molecule has 3 nitrogen and oxygen atoms in total. The zero-order valence-electron chi connectivity index (χ0n) is 10.0. The first-order valence-electron chi connectivity index (χ1n) is 5.41. The third kappa shape index (κ3) is 2.63. The lowest BCUT2D eigenvalue weighted by atomic mass is 10.1. The van der Waals surface area contributed by atoms with Crippen molar-refractivity contribution in [1.82, 2.24) is 0 Å². The molecule has 0 radical (unpaired) electrons. The van der Waals surface area contributed by atoms with E-state index >= 15 is 0 Å². The van der Waals surface area contributed by atoms with Crippen molar-refractivity contribution in [2.45, 2.75) is 13.0 Å². The second-order valence-corrected chi connectivity index (χ2v) is 5.67. The lowest BCUT2D eigenvalue weighted by Crippen LogP contribution is -2.02. The molecule has 18 heavy (non-hydrogen) atoms. The van der Waals surface area contributed by atoms with Gasteiger partial charge in [0.2, 0.25) is 0 Å². The van der Waals surface area contributed by atoms with Crippen LogP contribution < -0.4 is 10.5 Å². The van der Waals surface area contributed by atoms with Crippen LogP contribution in [0.3, 0.4) is 0 Å². The van der Waals surface area contributed by atoms with Gasteiger partial charge < -0.3 is 14.9 Å². The van der Waals surface area contributed by atoms with E-state index in [1.54, 1.807) is 7.11 Å². The average Bonchev–Trinajstić information content (AvgIpc) is 2.78. The molecule has 96 valence electrons. The molecule has 0 bridgehead atoms. The van der Waals surface area contributed by atoms with E-state index in [2.05, 4.69) is 31.9 Å². The summed E-state index contributed by atoms with van der Waals surface area (Å²) in [7, 11) is 1.63. The number of halogens is 2. The molecule has 5 heteroatoms. The Morgan fingerprint density at radius 1 is 1.22 bits per heavy atom. The van der Waals surface area contributed by atoms with E-state index in [1.165, 1.54) is 0 Å². The van der Waals surface area contributed by atoms with Crippen LogP contribution >= 0.6 is 31.9 Å². The summed E-state index contributed by atoms with van der Waals surface area (Å²) in [6.07, 6.45) is 0. The minimum absolute atomic E-state index is 0.116. The summed E-state index contributed by atoms with van der Waals surface area (Å²) in [5.41, 5.74) is 6.72. The third-order valence-electron chi connectivity index (χ3n) is 2.58. The van der Waals surface area contributed by atoms with Crippen molar-refractivity contribution in [2.24, 2.45) is 5.73 Å². The number of benzene rings is 1.